The average Bonchev–Trinajstić information content (AvgIpc) is 2.57. The van der Waals surface area contributed by atoms with Crippen molar-refractivity contribution in [3.05, 3.63) is 10.5 Å². The second kappa shape index (κ2) is 4.88. The molecule has 0 aromatic carbocycles. The molecule has 1 fully saturated rings. The first-order valence-electron chi connectivity index (χ1n) is 5.52. The molecule has 2 rings (SSSR count). The Morgan fingerprint density at radius 2 is 2.20 bits per heavy atom. The van der Waals surface area contributed by atoms with Crippen molar-refractivity contribution in [2.24, 2.45) is 13.0 Å². The Morgan fingerprint density at radius 1 is 1.47 bits per heavy atom. The highest BCUT2D eigenvalue weighted by atomic mass is 32.2. The zero-order valence-electron chi connectivity index (χ0n) is 9.03. The van der Waals surface area contributed by atoms with Gasteiger partial charge in [-0.15, -0.1) is 5.10 Å². The van der Waals surface area contributed by atoms with Crippen LogP contribution in [0.25, 0.3) is 0 Å². The fourth-order valence-electron chi connectivity index (χ4n) is 1.99. The molecule has 0 radical (unpaired) electrons. The number of H-pyrrole nitrogens is 1. The van der Waals surface area contributed by atoms with Crippen molar-refractivity contribution in [2.75, 3.05) is 5.75 Å². The molecule has 1 heterocycles. The molecule has 1 aromatic rings. The van der Waals surface area contributed by atoms with Crippen molar-refractivity contribution in [2.45, 2.75) is 37.3 Å². The van der Waals surface area contributed by atoms with E-state index in [2.05, 4.69) is 10.1 Å². The van der Waals surface area contributed by atoms with Crippen LogP contribution in [0.5, 0.6) is 0 Å². The monoisotopic (exact) mass is 227 g/mol. The summed E-state index contributed by atoms with van der Waals surface area (Å²) in [6.07, 6.45) is 6.80. The van der Waals surface area contributed by atoms with Gasteiger partial charge in [0, 0.05) is 12.8 Å². The summed E-state index contributed by atoms with van der Waals surface area (Å²) in [6, 6.07) is 0. The van der Waals surface area contributed by atoms with Crippen LogP contribution >= 0.6 is 11.8 Å². The molecule has 84 valence electrons. The molecule has 1 aliphatic rings. The summed E-state index contributed by atoms with van der Waals surface area (Å²) in [5.74, 6) is 1.90. The van der Waals surface area contributed by atoms with Gasteiger partial charge >= 0.3 is 5.69 Å². The maximum Gasteiger partial charge on any atom is 0.343 e. The minimum atomic E-state index is -0.124. The summed E-state index contributed by atoms with van der Waals surface area (Å²) in [7, 11) is 1.67. The largest absolute Gasteiger partial charge is 0.343 e. The molecule has 0 bridgehead atoms. The Hall–Kier alpha value is -0.710. The van der Waals surface area contributed by atoms with Crippen LogP contribution in [0.2, 0.25) is 0 Å². The molecular formula is C10H17N3OS. The minimum absolute atomic E-state index is 0.124. The van der Waals surface area contributed by atoms with Gasteiger partial charge in [-0.3, -0.25) is 4.98 Å². The van der Waals surface area contributed by atoms with Crippen molar-refractivity contribution >= 4 is 11.8 Å². The molecule has 1 saturated carbocycles. The van der Waals surface area contributed by atoms with Crippen molar-refractivity contribution in [3.63, 3.8) is 0 Å². The fraction of sp³-hybridized carbons (Fsp3) is 0.800. The highest BCUT2D eigenvalue weighted by Gasteiger charge is 2.14. The fourth-order valence-corrected chi connectivity index (χ4v) is 3.06. The van der Waals surface area contributed by atoms with Crippen molar-refractivity contribution in [1.29, 1.82) is 0 Å². The van der Waals surface area contributed by atoms with Gasteiger partial charge in [-0.1, -0.05) is 31.0 Å². The highest BCUT2D eigenvalue weighted by Crippen LogP contribution is 2.28. The normalized spacial score (nSPS) is 18.2. The van der Waals surface area contributed by atoms with Gasteiger partial charge in [-0.2, -0.15) is 0 Å². The van der Waals surface area contributed by atoms with Crippen molar-refractivity contribution in [1.82, 2.24) is 14.8 Å². The maximum absolute atomic E-state index is 11.1. The van der Waals surface area contributed by atoms with Crippen LogP contribution in [0.1, 0.15) is 32.1 Å². The highest BCUT2D eigenvalue weighted by molar-refractivity contribution is 7.99. The molecular weight excluding hydrogens is 210 g/mol. The van der Waals surface area contributed by atoms with E-state index in [0.717, 1.165) is 16.8 Å². The van der Waals surface area contributed by atoms with Crippen LogP contribution in [0.4, 0.5) is 0 Å². The van der Waals surface area contributed by atoms with E-state index in [1.54, 1.807) is 18.8 Å². The lowest BCUT2D eigenvalue weighted by atomic mass is 9.91. The molecule has 0 aliphatic heterocycles. The van der Waals surface area contributed by atoms with Crippen LogP contribution in [-0.4, -0.2) is 20.5 Å². The number of hydrogen-bond donors (Lipinski definition) is 1. The Bertz CT molecular complexity index is 365. The Morgan fingerprint density at radius 3 is 2.80 bits per heavy atom. The molecule has 4 nitrogen and oxygen atoms in total. The molecule has 1 aromatic heterocycles. The second-order valence-corrected chi connectivity index (χ2v) is 5.18. The van der Waals surface area contributed by atoms with Gasteiger partial charge in [0.15, 0.2) is 5.16 Å². The Kier molecular flexibility index (Phi) is 3.51. The van der Waals surface area contributed by atoms with E-state index in [1.807, 2.05) is 0 Å². The van der Waals surface area contributed by atoms with Gasteiger partial charge in [0.25, 0.3) is 0 Å². The quantitative estimate of drug-likeness (QED) is 0.801. The number of hydrogen-bond acceptors (Lipinski definition) is 3. The number of nitrogens with zero attached hydrogens (tertiary/aromatic N) is 2. The average molecular weight is 227 g/mol. The first-order valence-corrected chi connectivity index (χ1v) is 6.50. The van der Waals surface area contributed by atoms with E-state index >= 15 is 0 Å². The predicted octanol–water partition coefficient (Wildman–Crippen LogP) is 1.78. The summed E-state index contributed by atoms with van der Waals surface area (Å²) in [4.78, 5) is 13.9. The zero-order chi connectivity index (χ0) is 10.7. The van der Waals surface area contributed by atoms with Gasteiger partial charge in [-0.05, 0) is 18.8 Å². The van der Waals surface area contributed by atoms with E-state index in [-0.39, 0.29) is 5.69 Å². The summed E-state index contributed by atoms with van der Waals surface area (Å²) in [6.45, 7) is 0. The lowest BCUT2D eigenvalue weighted by Crippen LogP contribution is -2.13. The number of thioether (sulfide) groups is 1. The van der Waals surface area contributed by atoms with Crippen LogP contribution in [0.3, 0.4) is 0 Å². The van der Waals surface area contributed by atoms with E-state index in [0.29, 0.717) is 0 Å². The molecule has 0 spiro atoms. The van der Waals surface area contributed by atoms with Gasteiger partial charge < -0.3 is 0 Å². The molecule has 1 N–H and O–H groups in total. The zero-order valence-corrected chi connectivity index (χ0v) is 9.85. The summed E-state index contributed by atoms with van der Waals surface area (Å²) in [5, 5.41) is 4.86. The lowest BCUT2D eigenvalue weighted by molar-refractivity contribution is 0.390. The number of nitrogens with one attached hydrogen (secondary N) is 1. The van der Waals surface area contributed by atoms with Gasteiger partial charge in [0.2, 0.25) is 0 Å². The SMILES string of the molecule is Cn1nc(SCC2CCCCC2)[nH]c1=O. The molecule has 0 saturated heterocycles. The summed E-state index contributed by atoms with van der Waals surface area (Å²) < 4.78 is 1.35. The topological polar surface area (TPSA) is 50.7 Å². The van der Waals surface area contributed by atoms with Crippen molar-refractivity contribution < 1.29 is 0 Å². The first-order chi connectivity index (χ1) is 7.25. The van der Waals surface area contributed by atoms with Crippen LogP contribution < -0.4 is 5.69 Å². The molecule has 1 aliphatic carbocycles. The number of aromatic nitrogens is 3. The van der Waals surface area contributed by atoms with Crippen LogP contribution in [-0.2, 0) is 7.05 Å². The molecule has 0 atom stereocenters. The third-order valence-corrected chi connectivity index (χ3v) is 4.02. The Labute approximate surface area is 93.5 Å². The first kappa shape index (κ1) is 10.8. The van der Waals surface area contributed by atoms with Crippen LogP contribution in [0.15, 0.2) is 9.95 Å². The molecule has 0 amide bonds. The summed E-state index contributed by atoms with van der Waals surface area (Å²) >= 11 is 1.67. The third-order valence-electron chi connectivity index (χ3n) is 2.93. The smallest absolute Gasteiger partial charge is 0.284 e. The van der Waals surface area contributed by atoms with Gasteiger partial charge in [0.1, 0.15) is 0 Å². The number of aryl methyl sites for hydroxylation is 1. The van der Waals surface area contributed by atoms with Gasteiger partial charge in [0.05, 0.1) is 0 Å². The molecule has 5 heteroatoms. The maximum atomic E-state index is 11.1. The van der Waals surface area contributed by atoms with E-state index in [4.69, 9.17) is 0 Å². The van der Waals surface area contributed by atoms with E-state index in [9.17, 15) is 4.79 Å². The standard InChI is InChI=1S/C10H17N3OS/c1-13-10(14)11-9(12-13)15-7-8-5-3-2-4-6-8/h8H,2-7H2,1H3,(H,11,12,14). The second-order valence-electron chi connectivity index (χ2n) is 4.17. The van der Waals surface area contributed by atoms with E-state index < -0.39 is 0 Å². The third kappa shape index (κ3) is 2.87. The van der Waals surface area contributed by atoms with Gasteiger partial charge in [-0.25, -0.2) is 9.48 Å². The molecule has 0 unspecified atom stereocenters. The van der Waals surface area contributed by atoms with E-state index in [1.165, 1.54) is 36.8 Å². The predicted molar refractivity (Wildman–Crippen MR) is 61.1 cm³/mol. The summed E-state index contributed by atoms with van der Waals surface area (Å²) in [5.41, 5.74) is -0.124. The minimum Gasteiger partial charge on any atom is -0.284 e. The van der Waals surface area contributed by atoms with Crippen molar-refractivity contribution in [3.8, 4) is 0 Å². The number of rotatable bonds is 3. The molecule has 15 heavy (non-hydrogen) atoms. The number of aromatic amines is 1. The Balaban J connectivity index is 1.84. The van der Waals surface area contributed by atoms with Crippen LogP contribution in [0, 0.1) is 5.92 Å². The lowest BCUT2D eigenvalue weighted by Gasteiger charge is -2.20.